The Kier molecular flexibility index (Phi) is 4.71. The molecule has 1 unspecified atom stereocenters. The summed E-state index contributed by atoms with van der Waals surface area (Å²) in [4.78, 5) is 7.70. The van der Waals surface area contributed by atoms with Gasteiger partial charge in [-0.05, 0) is 13.8 Å². The summed E-state index contributed by atoms with van der Waals surface area (Å²) in [5.74, 6) is -6.51. The monoisotopic (exact) mass is 367 g/mol. The molecule has 25 heavy (non-hydrogen) atoms. The minimum atomic E-state index is -1.69. The molecule has 2 heterocycles. The molecule has 0 saturated heterocycles. The van der Waals surface area contributed by atoms with E-state index in [0.29, 0.717) is 10.6 Å². The van der Waals surface area contributed by atoms with Crippen molar-refractivity contribution in [2.75, 3.05) is 5.32 Å². The summed E-state index contributed by atoms with van der Waals surface area (Å²) >= 11 is 1.34. The zero-order valence-corrected chi connectivity index (χ0v) is 14.1. The number of anilines is 1. The predicted octanol–water partition coefficient (Wildman–Crippen LogP) is 5.24. The van der Waals surface area contributed by atoms with E-state index >= 15 is 0 Å². The topological polar surface area (TPSA) is 37.8 Å². The van der Waals surface area contributed by atoms with E-state index in [1.807, 2.05) is 30.3 Å². The van der Waals surface area contributed by atoms with Gasteiger partial charge in [0.2, 0.25) is 11.6 Å². The van der Waals surface area contributed by atoms with Crippen LogP contribution in [0.4, 0.5) is 23.2 Å². The van der Waals surface area contributed by atoms with E-state index in [4.69, 9.17) is 0 Å². The third-order valence-corrected chi connectivity index (χ3v) is 4.99. The average Bonchev–Trinajstić information content (AvgIpc) is 2.99. The molecule has 1 N–H and O–H groups in total. The molecule has 2 aromatic heterocycles. The fraction of sp³-hybridized carbons (Fsp3) is 0.176. The Labute approximate surface area is 145 Å². The Balaban J connectivity index is 1.93. The van der Waals surface area contributed by atoms with Crippen molar-refractivity contribution in [3.8, 4) is 10.6 Å². The maximum absolute atomic E-state index is 13.8. The molecule has 0 bridgehead atoms. The number of nitrogens with zero attached hydrogens (tertiary/aromatic N) is 2. The summed E-state index contributed by atoms with van der Waals surface area (Å²) in [6, 6.07) is 8.81. The number of hydrogen-bond acceptors (Lipinski definition) is 4. The van der Waals surface area contributed by atoms with Crippen molar-refractivity contribution in [3.63, 3.8) is 0 Å². The van der Waals surface area contributed by atoms with Crippen LogP contribution in [0.3, 0.4) is 0 Å². The highest BCUT2D eigenvalue weighted by atomic mass is 32.1. The van der Waals surface area contributed by atoms with Crippen LogP contribution in [0.2, 0.25) is 0 Å². The Bertz CT molecular complexity index is 886. The first-order chi connectivity index (χ1) is 11.9. The van der Waals surface area contributed by atoms with Crippen molar-refractivity contribution >= 4 is 17.0 Å². The first-order valence-electron chi connectivity index (χ1n) is 7.37. The van der Waals surface area contributed by atoms with Crippen LogP contribution in [0.15, 0.2) is 30.3 Å². The first-order valence-corrected chi connectivity index (χ1v) is 8.19. The number of aryl methyl sites for hydroxylation is 1. The molecule has 8 heteroatoms. The van der Waals surface area contributed by atoms with Gasteiger partial charge in [-0.25, -0.2) is 4.98 Å². The number of nitrogens with one attached hydrogen (secondary N) is 1. The zero-order valence-electron chi connectivity index (χ0n) is 13.3. The number of pyridine rings is 1. The Morgan fingerprint density at radius 1 is 0.960 bits per heavy atom. The maximum Gasteiger partial charge on any atom is 0.253 e. The molecule has 1 atom stereocenters. The number of rotatable bonds is 4. The van der Waals surface area contributed by atoms with Crippen LogP contribution in [0.25, 0.3) is 10.6 Å². The molecule has 1 aromatic carbocycles. The van der Waals surface area contributed by atoms with Crippen LogP contribution in [0, 0.1) is 30.5 Å². The van der Waals surface area contributed by atoms with E-state index in [9.17, 15) is 17.6 Å². The normalized spacial score (nSPS) is 12.2. The highest BCUT2D eigenvalue weighted by molar-refractivity contribution is 7.15. The van der Waals surface area contributed by atoms with Gasteiger partial charge in [0.25, 0.3) is 11.9 Å². The molecule has 0 fully saturated rings. The van der Waals surface area contributed by atoms with Gasteiger partial charge >= 0.3 is 0 Å². The summed E-state index contributed by atoms with van der Waals surface area (Å²) in [7, 11) is 0. The highest BCUT2D eigenvalue weighted by Crippen LogP contribution is 2.34. The van der Waals surface area contributed by atoms with E-state index in [2.05, 4.69) is 15.3 Å². The van der Waals surface area contributed by atoms with Crippen LogP contribution in [0.5, 0.6) is 0 Å². The molecule has 0 radical (unpaired) electrons. The van der Waals surface area contributed by atoms with E-state index in [1.54, 1.807) is 13.8 Å². The van der Waals surface area contributed by atoms with Crippen molar-refractivity contribution < 1.29 is 17.6 Å². The van der Waals surface area contributed by atoms with E-state index in [1.165, 1.54) is 11.3 Å². The average molecular weight is 367 g/mol. The van der Waals surface area contributed by atoms with Crippen molar-refractivity contribution in [2.24, 2.45) is 0 Å². The number of benzene rings is 1. The van der Waals surface area contributed by atoms with E-state index in [-0.39, 0.29) is 0 Å². The van der Waals surface area contributed by atoms with Gasteiger partial charge in [0, 0.05) is 10.4 Å². The van der Waals surface area contributed by atoms with Gasteiger partial charge in [0.15, 0.2) is 0 Å². The van der Waals surface area contributed by atoms with Crippen molar-refractivity contribution in [3.05, 3.63) is 64.4 Å². The van der Waals surface area contributed by atoms with Gasteiger partial charge in [-0.3, -0.25) is 0 Å². The number of hydrogen-bond donors (Lipinski definition) is 1. The van der Waals surface area contributed by atoms with Gasteiger partial charge in [-0.2, -0.15) is 22.5 Å². The SMILES string of the molecule is Cc1nc(-c2ccccc2)sc1C(C)Nc1c(F)c(F)nc(F)c1F. The third kappa shape index (κ3) is 3.34. The summed E-state index contributed by atoms with van der Waals surface area (Å²) in [5.41, 5.74) is 0.693. The molecule has 0 spiro atoms. The molecular formula is C17H13F4N3S. The molecule has 130 valence electrons. The third-order valence-electron chi connectivity index (χ3n) is 3.60. The standard InChI is InChI=1S/C17H13F4N3S/c1-8(22-13-11(18)15(20)24-16(21)12(13)19)14-9(2)23-17(25-14)10-6-4-3-5-7-10/h3-8H,1-2H3,(H,22,24). The number of halogens is 4. The summed E-state index contributed by atoms with van der Waals surface area (Å²) < 4.78 is 54.0. The Morgan fingerprint density at radius 2 is 1.56 bits per heavy atom. The van der Waals surface area contributed by atoms with E-state index < -0.39 is 35.3 Å². The highest BCUT2D eigenvalue weighted by Gasteiger charge is 2.24. The van der Waals surface area contributed by atoms with Crippen molar-refractivity contribution in [1.82, 2.24) is 9.97 Å². The molecule has 0 aliphatic carbocycles. The van der Waals surface area contributed by atoms with Crippen LogP contribution in [-0.2, 0) is 0 Å². The van der Waals surface area contributed by atoms with Crippen LogP contribution in [-0.4, -0.2) is 9.97 Å². The minimum absolute atomic E-state index is 0.611. The van der Waals surface area contributed by atoms with Crippen LogP contribution in [0.1, 0.15) is 23.5 Å². The van der Waals surface area contributed by atoms with Gasteiger partial charge in [0.05, 0.1) is 11.7 Å². The molecule has 0 aliphatic rings. The predicted molar refractivity (Wildman–Crippen MR) is 88.4 cm³/mol. The smallest absolute Gasteiger partial charge is 0.253 e. The fourth-order valence-electron chi connectivity index (χ4n) is 2.41. The molecule has 0 aliphatic heterocycles. The maximum atomic E-state index is 13.8. The number of aromatic nitrogens is 2. The van der Waals surface area contributed by atoms with Crippen LogP contribution < -0.4 is 5.32 Å². The van der Waals surface area contributed by atoms with Gasteiger partial charge in [-0.15, -0.1) is 11.3 Å². The lowest BCUT2D eigenvalue weighted by molar-refractivity contribution is 0.410. The molecule has 3 aromatic rings. The summed E-state index contributed by atoms with van der Waals surface area (Å²) in [5, 5.41) is 3.23. The van der Waals surface area contributed by atoms with Crippen molar-refractivity contribution in [2.45, 2.75) is 19.9 Å². The van der Waals surface area contributed by atoms with Gasteiger partial charge < -0.3 is 5.32 Å². The first kappa shape index (κ1) is 17.3. The largest absolute Gasteiger partial charge is 0.373 e. The van der Waals surface area contributed by atoms with Crippen LogP contribution >= 0.6 is 11.3 Å². The second-order valence-corrected chi connectivity index (χ2v) is 6.43. The lowest BCUT2D eigenvalue weighted by Crippen LogP contribution is -2.13. The quantitative estimate of drug-likeness (QED) is 0.506. The lowest BCUT2D eigenvalue weighted by atomic mass is 10.2. The minimum Gasteiger partial charge on any atom is -0.373 e. The molecule has 0 amide bonds. The fourth-order valence-corrected chi connectivity index (χ4v) is 3.48. The zero-order chi connectivity index (χ0) is 18.1. The Hall–Kier alpha value is -2.48. The number of thiazole rings is 1. The molecular weight excluding hydrogens is 354 g/mol. The molecule has 3 nitrogen and oxygen atoms in total. The second-order valence-electron chi connectivity index (χ2n) is 5.40. The Morgan fingerprint density at radius 3 is 2.16 bits per heavy atom. The molecule has 0 saturated carbocycles. The van der Waals surface area contributed by atoms with Gasteiger partial charge in [0.1, 0.15) is 10.7 Å². The van der Waals surface area contributed by atoms with E-state index in [0.717, 1.165) is 10.6 Å². The summed E-state index contributed by atoms with van der Waals surface area (Å²) in [6.07, 6.45) is 0. The molecule has 3 rings (SSSR count). The second kappa shape index (κ2) is 6.79. The van der Waals surface area contributed by atoms with Crippen molar-refractivity contribution in [1.29, 1.82) is 0 Å². The van der Waals surface area contributed by atoms with Gasteiger partial charge in [-0.1, -0.05) is 30.3 Å². The lowest BCUT2D eigenvalue weighted by Gasteiger charge is -2.15. The summed E-state index contributed by atoms with van der Waals surface area (Å²) in [6.45, 7) is 3.39.